The highest BCUT2D eigenvalue weighted by Gasteiger charge is 2.29. The van der Waals surface area contributed by atoms with E-state index in [1.165, 1.54) is 0 Å². The van der Waals surface area contributed by atoms with E-state index in [2.05, 4.69) is 13.8 Å². The Kier molecular flexibility index (Phi) is 4.03. The number of aliphatic imine (C=N–C) groups is 1. The highest BCUT2D eigenvalue weighted by molar-refractivity contribution is 6.17. The van der Waals surface area contributed by atoms with E-state index in [-0.39, 0.29) is 11.3 Å². The molecule has 3 heteroatoms. The van der Waals surface area contributed by atoms with E-state index in [4.69, 9.17) is 9.73 Å². The summed E-state index contributed by atoms with van der Waals surface area (Å²) in [5.74, 6) is 0.964. The van der Waals surface area contributed by atoms with Gasteiger partial charge in [-0.3, -0.25) is 9.79 Å². The van der Waals surface area contributed by atoms with Crippen LogP contribution in [0, 0.1) is 0 Å². The molecule has 23 heavy (non-hydrogen) atoms. The summed E-state index contributed by atoms with van der Waals surface area (Å²) in [6, 6.07) is 15.3. The van der Waals surface area contributed by atoms with Crippen molar-refractivity contribution in [1.29, 1.82) is 0 Å². The van der Waals surface area contributed by atoms with Crippen LogP contribution in [0.2, 0.25) is 0 Å². The molecule has 0 bridgehead atoms. The third-order valence-corrected chi connectivity index (χ3v) is 4.13. The summed E-state index contributed by atoms with van der Waals surface area (Å²) in [7, 11) is 1.68. The van der Waals surface area contributed by atoms with Crippen molar-refractivity contribution in [3.8, 4) is 5.75 Å². The number of Topliss-reactive ketones (excluding diaryl/α,β-unsaturated/α-hetero) is 1. The average molecular weight is 307 g/mol. The fourth-order valence-electron chi connectivity index (χ4n) is 3.12. The van der Waals surface area contributed by atoms with Crippen molar-refractivity contribution in [2.75, 3.05) is 7.11 Å². The maximum Gasteiger partial charge on any atom is 0.168 e. The zero-order valence-electron chi connectivity index (χ0n) is 13.8. The molecule has 0 amide bonds. The van der Waals surface area contributed by atoms with E-state index in [0.29, 0.717) is 6.42 Å². The summed E-state index contributed by atoms with van der Waals surface area (Å²) >= 11 is 0. The molecule has 0 atom stereocenters. The summed E-state index contributed by atoms with van der Waals surface area (Å²) < 4.78 is 5.50. The number of ether oxygens (including phenoxy) is 1. The lowest BCUT2D eigenvalue weighted by Gasteiger charge is -2.30. The van der Waals surface area contributed by atoms with Crippen molar-refractivity contribution in [2.45, 2.75) is 32.2 Å². The number of benzene rings is 2. The van der Waals surface area contributed by atoms with E-state index in [1.54, 1.807) is 7.11 Å². The van der Waals surface area contributed by atoms with Gasteiger partial charge in [-0.05, 0) is 19.9 Å². The quantitative estimate of drug-likeness (QED) is 0.798. The molecule has 3 nitrogen and oxygen atoms in total. The zero-order chi connectivity index (χ0) is 16.4. The Morgan fingerprint density at radius 1 is 1.13 bits per heavy atom. The second kappa shape index (κ2) is 5.99. The van der Waals surface area contributed by atoms with Gasteiger partial charge in [0, 0.05) is 23.1 Å². The minimum atomic E-state index is -0.228. The molecule has 0 saturated carbocycles. The lowest BCUT2D eigenvalue weighted by Crippen LogP contribution is -2.30. The number of ketones is 1. The summed E-state index contributed by atoms with van der Waals surface area (Å²) in [6.45, 7) is 4.19. The molecule has 2 aromatic carbocycles. The number of rotatable bonds is 4. The molecule has 0 unspecified atom stereocenters. The van der Waals surface area contributed by atoms with Gasteiger partial charge in [0.25, 0.3) is 0 Å². The third-order valence-electron chi connectivity index (χ3n) is 4.13. The van der Waals surface area contributed by atoms with Crippen LogP contribution in [0.4, 0.5) is 0 Å². The standard InChI is InChI=1S/C20H21NO2/c1-20(2)13-16-15(10-7-11-19(16)23-3)17(21-20)12-18(22)14-8-5-4-6-9-14/h4-11H,12-13H2,1-3H3. The summed E-state index contributed by atoms with van der Waals surface area (Å²) in [5, 5.41) is 0. The Balaban J connectivity index is 1.98. The molecule has 3 rings (SSSR count). The SMILES string of the molecule is COc1cccc2c1CC(C)(C)N=C2CC(=O)c1ccccc1. The Morgan fingerprint density at radius 2 is 1.87 bits per heavy atom. The molecule has 1 aliphatic rings. The molecule has 0 radical (unpaired) electrons. The van der Waals surface area contributed by atoms with Gasteiger partial charge in [0.1, 0.15) is 5.75 Å². The Morgan fingerprint density at radius 3 is 2.57 bits per heavy atom. The van der Waals surface area contributed by atoms with E-state index in [0.717, 1.165) is 34.6 Å². The molecule has 118 valence electrons. The molecule has 0 aromatic heterocycles. The van der Waals surface area contributed by atoms with E-state index >= 15 is 0 Å². The van der Waals surface area contributed by atoms with Gasteiger partial charge >= 0.3 is 0 Å². The minimum absolute atomic E-state index is 0.0934. The van der Waals surface area contributed by atoms with Gasteiger partial charge in [0.15, 0.2) is 5.78 Å². The van der Waals surface area contributed by atoms with Crippen molar-refractivity contribution in [3.05, 3.63) is 65.2 Å². The topological polar surface area (TPSA) is 38.7 Å². The first-order valence-electron chi connectivity index (χ1n) is 7.83. The number of fused-ring (bicyclic) bond motifs is 1. The highest BCUT2D eigenvalue weighted by atomic mass is 16.5. The van der Waals surface area contributed by atoms with Crippen LogP contribution in [-0.2, 0) is 6.42 Å². The molecule has 2 aromatic rings. The molecule has 0 N–H and O–H groups in total. The predicted octanol–water partition coefficient (Wildman–Crippen LogP) is 4.09. The number of hydrogen-bond acceptors (Lipinski definition) is 3. The van der Waals surface area contributed by atoms with Crippen LogP contribution in [0.1, 0.15) is 41.8 Å². The van der Waals surface area contributed by atoms with Gasteiger partial charge in [0.2, 0.25) is 0 Å². The molecule has 0 saturated heterocycles. The molecule has 0 spiro atoms. The fraction of sp³-hybridized carbons (Fsp3) is 0.300. The van der Waals surface area contributed by atoms with E-state index in [9.17, 15) is 4.79 Å². The van der Waals surface area contributed by atoms with E-state index < -0.39 is 0 Å². The number of carbonyl (C=O) groups excluding carboxylic acids is 1. The third kappa shape index (κ3) is 3.19. The molecule has 0 fully saturated rings. The fourth-order valence-corrected chi connectivity index (χ4v) is 3.12. The highest BCUT2D eigenvalue weighted by Crippen LogP contribution is 2.34. The van der Waals surface area contributed by atoms with Gasteiger partial charge in [-0.15, -0.1) is 0 Å². The normalized spacial score (nSPS) is 15.5. The minimum Gasteiger partial charge on any atom is -0.496 e. The monoisotopic (exact) mass is 307 g/mol. The number of carbonyl (C=O) groups is 1. The first-order chi connectivity index (χ1) is 11.0. The molecule has 1 heterocycles. The van der Waals surface area contributed by atoms with Crippen LogP contribution in [0.25, 0.3) is 0 Å². The second-order valence-electron chi connectivity index (χ2n) is 6.50. The summed E-state index contributed by atoms with van der Waals surface area (Å²) in [5.41, 5.74) is 3.53. The molecule has 0 aliphatic carbocycles. The largest absolute Gasteiger partial charge is 0.496 e. The Labute approximate surface area is 137 Å². The van der Waals surface area contributed by atoms with Gasteiger partial charge in [-0.2, -0.15) is 0 Å². The van der Waals surface area contributed by atoms with Crippen LogP contribution in [0.5, 0.6) is 5.75 Å². The van der Waals surface area contributed by atoms with E-state index in [1.807, 2.05) is 48.5 Å². The first kappa shape index (κ1) is 15.5. The lowest BCUT2D eigenvalue weighted by molar-refractivity contribution is 0.100. The number of nitrogens with zero attached hydrogens (tertiary/aromatic N) is 1. The maximum absolute atomic E-state index is 12.6. The Hall–Kier alpha value is -2.42. The predicted molar refractivity (Wildman–Crippen MR) is 92.7 cm³/mol. The smallest absolute Gasteiger partial charge is 0.168 e. The van der Waals surface area contributed by atoms with Crippen molar-refractivity contribution < 1.29 is 9.53 Å². The van der Waals surface area contributed by atoms with Crippen LogP contribution in [0.3, 0.4) is 0 Å². The van der Waals surface area contributed by atoms with Crippen molar-refractivity contribution >= 4 is 11.5 Å². The first-order valence-corrected chi connectivity index (χ1v) is 7.83. The van der Waals surface area contributed by atoms with Gasteiger partial charge in [0.05, 0.1) is 24.8 Å². The molecular weight excluding hydrogens is 286 g/mol. The van der Waals surface area contributed by atoms with Gasteiger partial charge < -0.3 is 4.74 Å². The summed E-state index contributed by atoms with van der Waals surface area (Å²) in [4.78, 5) is 17.4. The maximum atomic E-state index is 12.6. The average Bonchev–Trinajstić information content (AvgIpc) is 2.54. The second-order valence-corrected chi connectivity index (χ2v) is 6.50. The van der Waals surface area contributed by atoms with Crippen LogP contribution in [-0.4, -0.2) is 24.1 Å². The van der Waals surface area contributed by atoms with Gasteiger partial charge in [-0.25, -0.2) is 0 Å². The van der Waals surface area contributed by atoms with Crippen molar-refractivity contribution in [1.82, 2.24) is 0 Å². The Bertz CT molecular complexity index is 760. The summed E-state index contributed by atoms with van der Waals surface area (Å²) in [6.07, 6.45) is 1.13. The molecule has 1 aliphatic heterocycles. The van der Waals surface area contributed by atoms with Crippen LogP contribution >= 0.6 is 0 Å². The number of hydrogen-bond donors (Lipinski definition) is 0. The van der Waals surface area contributed by atoms with Crippen LogP contribution < -0.4 is 4.74 Å². The molecular formula is C20H21NO2. The zero-order valence-corrected chi connectivity index (χ0v) is 13.8. The van der Waals surface area contributed by atoms with Crippen molar-refractivity contribution in [2.24, 2.45) is 4.99 Å². The number of methoxy groups -OCH3 is 1. The van der Waals surface area contributed by atoms with Crippen molar-refractivity contribution in [3.63, 3.8) is 0 Å². The van der Waals surface area contributed by atoms with Crippen LogP contribution in [0.15, 0.2) is 53.5 Å². The lowest BCUT2D eigenvalue weighted by atomic mass is 9.84. The van der Waals surface area contributed by atoms with Gasteiger partial charge in [-0.1, -0.05) is 42.5 Å².